The summed E-state index contributed by atoms with van der Waals surface area (Å²) in [6.07, 6.45) is 0. The van der Waals surface area contributed by atoms with E-state index in [1.54, 1.807) is 36.4 Å². The van der Waals surface area contributed by atoms with Gasteiger partial charge in [0.25, 0.3) is 11.7 Å². The van der Waals surface area contributed by atoms with E-state index in [2.05, 4.69) is 0 Å². The molecule has 0 aromatic heterocycles. The molecule has 6 nitrogen and oxygen atoms in total. The third-order valence-corrected chi connectivity index (χ3v) is 6.07. The first kappa shape index (κ1) is 21.3. The Morgan fingerprint density at radius 2 is 1.53 bits per heavy atom. The van der Waals surface area contributed by atoms with Crippen molar-refractivity contribution in [2.24, 2.45) is 0 Å². The van der Waals surface area contributed by atoms with Crippen LogP contribution in [0.4, 0.5) is 5.69 Å². The van der Waals surface area contributed by atoms with Crippen molar-refractivity contribution in [2.45, 2.75) is 13.0 Å². The van der Waals surface area contributed by atoms with E-state index in [0.717, 1.165) is 16.3 Å². The number of phenolic OH excluding ortho intramolecular Hbond substituents is 2. The number of rotatable bonds is 3. The molecule has 4 aromatic carbocycles. The minimum Gasteiger partial charge on any atom is -0.508 e. The number of Topliss-reactive ketones (excluding diaryl/α,β-unsaturated/α-hetero) is 1. The van der Waals surface area contributed by atoms with Gasteiger partial charge in [-0.25, -0.2) is 0 Å². The molecule has 1 aliphatic rings. The molecule has 0 saturated carbocycles. The van der Waals surface area contributed by atoms with Crippen LogP contribution in [0.25, 0.3) is 16.5 Å². The quantitative estimate of drug-likeness (QED) is 0.226. The number of carbonyl (C=O) groups excluding carboxylic acids is 2. The number of ketones is 1. The number of aryl methyl sites for hydroxylation is 1. The summed E-state index contributed by atoms with van der Waals surface area (Å²) in [6, 6.07) is 22.7. The maximum atomic E-state index is 13.3. The standard InChI is InChI=1S/C28H21NO5/c1-16-6-13-23(31)22(14-16)29-25(18-9-11-21(30)12-10-18)24(27(33)28(29)34)26(32)20-8-7-17-4-2-3-5-19(17)15-20/h2-15,25,30-32H,1H3/b26-24-. The molecule has 1 amide bonds. The molecule has 1 fully saturated rings. The predicted octanol–water partition coefficient (Wildman–Crippen LogP) is 5.19. The fourth-order valence-electron chi connectivity index (χ4n) is 4.37. The van der Waals surface area contributed by atoms with E-state index in [-0.39, 0.29) is 28.5 Å². The summed E-state index contributed by atoms with van der Waals surface area (Å²) in [4.78, 5) is 27.7. The lowest BCUT2D eigenvalue weighted by molar-refractivity contribution is -0.132. The third-order valence-electron chi connectivity index (χ3n) is 6.07. The smallest absolute Gasteiger partial charge is 0.300 e. The molecule has 168 valence electrons. The van der Waals surface area contributed by atoms with Gasteiger partial charge in [-0.15, -0.1) is 0 Å². The van der Waals surface area contributed by atoms with Crippen LogP contribution in [0, 0.1) is 6.92 Å². The largest absolute Gasteiger partial charge is 0.508 e. The van der Waals surface area contributed by atoms with Crippen molar-refractivity contribution in [3.63, 3.8) is 0 Å². The van der Waals surface area contributed by atoms with E-state index < -0.39 is 17.7 Å². The zero-order chi connectivity index (χ0) is 24.0. The Hall–Kier alpha value is -4.58. The second-order valence-electron chi connectivity index (χ2n) is 8.31. The van der Waals surface area contributed by atoms with Gasteiger partial charge in [0, 0.05) is 5.56 Å². The number of nitrogens with zero attached hydrogens (tertiary/aromatic N) is 1. The van der Waals surface area contributed by atoms with Crippen molar-refractivity contribution in [3.8, 4) is 11.5 Å². The Bertz CT molecular complexity index is 1490. The number of aliphatic hydroxyl groups is 1. The minimum atomic E-state index is -1.00. The van der Waals surface area contributed by atoms with Gasteiger partial charge in [0.05, 0.1) is 17.3 Å². The molecular weight excluding hydrogens is 430 g/mol. The zero-order valence-corrected chi connectivity index (χ0v) is 18.3. The Balaban J connectivity index is 1.75. The van der Waals surface area contributed by atoms with E-state index in [1.165, 1.54) is 23.1 Å². The second-order valence-corrected chi connectivity index (χ2v) is 8.31. The number of aromatic hydroxyl groups is 2. The number of aliphatic hydroxyl groups excluding tert-OH is 1. The van der Waals surface area contributed by atoms with Gasteiger partial charge in [0.2, 0.25) is 0 Å². The molecule has 5 rings (SSSR count). The van der Waals surface area contributed by atoms with Gasteiger partial charge in [0.15, 0.2) is 0 Å². The first-order chi connectivity index (χ1) is 16.3. The highest BCUT2D eigenvalue weighted by Gasteiger charge is 2.47. The van der Waals surface area contributed by atoms with E-state index in [1.807, 2.05) is 37.3 Å². The molecule has 1 heterocycles. The van der Waals surface area contributed by atoms with E-state index in [0.29, 0.717) is 11.1 Å². The van der Waals surface area contributed by atoms with Crippen LogP contribution in [0.3, 0.4) is 0 Å². The van der Waals surface area contributed by atoms with Gasteiger partial charge < -0.3 is 15.3 Å². The number of benzene rings is 4. The van der Waals surface area contributed by atoms with Gasteiger partial charge in [-0.2, -0.15) is 0 Å². The molecule has 4 aromatic rings. The Morgan fingerprint density at radius 1 is 0.824 bits per heavy atom. The maximum absolute atomic E-state index is 13.3. The van der Waals surface area contributed by atoms with Crippen LogP contribution in [0.15, 0.2) is 90.5 Å². The third kappa shape index (κ3) is 3.46. The molecule has 0 bridgehead atoms. The Morgan fingerprint density at radius 3 is 2.26 bits per heavy atom. The Kier molecular flexibility index (Phi) is 5.06. The summed E-state index contributed by atoms with van der Waals surface area (Å²) in [5.41, 5.74) is 1.76. The molecule has 0 spiro atoms. The number of hydrogen-bond donors (Lipinski definition) is 3. The number of hydrogen-bond acceptors (Lipinski definition) is 5. The lowest BCUT2D eigenvalue weighted by Crippen LogP contribution is -2.29. The maximum Gasteiger partial charge on any atom is 0.300 e. The van der Waals surface area contributed by atoms with Gasteiger partial charge in [-0.1, -0.05) is 54.6 Å². The van der Waals surface area contributed by atoms with Crippen LogP contribution in [-0.4, -0.2) is 27.0 Å². The zero-order valence-electron chi connectivity index (χ0n) is 18.3. The fraction of sp³-hybridized carbons (Fsp3) is 0.0714. The monoisotopic (exact) mass is 451 g/mol. The van der Waals surface area contributed by atoms with Crippen molar-refractivity contribution >= 4 is 33.9 Å². The molecule has 1 atom stereocenters. The Labute approximate surface area is 195 Å². The van der Waals surface area contributed by atoms with Crippen LogP contribution < -0.4 is 4.90 Å². The summed E-state index contributed by atoms with van der Waals surface area (Å²) in [6.45, 7) is 1.81. The molecule has 6 heteroatoms. The first-order valence-electron chi connectivity index (χ1n) is 10.7. The summed E-state index contributed by atoms with van der Waals surface area (Å²) in [5.74, 6) is -2.17. The molecule has 1 unspecified atom stereocenters. The number of amides is 1. The highest BCUT2D eigenvalue weighted by molar-refractivity contribution is 6.52. The van der Waals surface area contributed by atoms with E-state index in [9.17, 15) is 24.9 Å². The van der Waals surface area contributed by atoms with Crippen molar-refractivity contribution in [3.05, 3.63) is 107 Å². The average molecular weight is 451 g/mol. The van der Waals surface area contributed by atoms with Gasteiger partial charge in [-0.05, 0) is 59.2 Å². The summed E-state index contributed by atoms with van der Waals surface area (Å²) in [7, 11) is 0. The predicted molar refractivity (Wildman–Crippen MR) is 130 cm³/mol. The lowest BCUT2D eigenvalue weighted by atomic mass is 9.94. The molecule has 1 aliphatic heterocycles. The summed E-state index contributed by atoms with van der Waals surface area (Å²) in [5, 5.41) is 33.5. The lowest BCUT2D eigenvalue weighted by Gasteiger charge is -2.26. The van der Waals surface area contributed by atoms with Crippen LogP contribution >= 0.6 is 0 Å². The molecule has 1 saturated heterocycles. The SMILES string of the molecule is Cc1ccc(O)c(N2C(=O)C(=O)/C(=C(\O)c3ccc4ccccc4c3)C2c2ccc(O)cc2)c1. The van der Waals surface area contributed by atoms with Crippen molar-refractivity contribution < 1.29 is 24.9 Å². The summed E-state index contributed by atoms with van der Waals surface area (Å²) >= 11 is 0. The molecule has 0 aliphatic carbocycles. The van der Waals surface area contributed by atoms with Crippen LogP contribution in [0.5, 0.6) is 11.5 Å². The van der Waals surface area contributed by atoms with Crippen LogP contribution in [0.1, 0.15) is 22.7 Å². The minimum absolute atomic E-state index is 0.0219. The van der Waals surface area contributed by atoms with Gasteiger partial charge in [0.1, 0.15) is 17.3 Å². The topological polar surface area (TPSA) is 98.1 Å². The van der Waals surface area contributed by atoms with Gasteiger partial charge >= 0.3 is 0 Å². The molecule has 34 heavy (non-hydrogen) atoms. The number of phenols is 2. The van der Waals surface area contributed by atoms with Crippen molar-refractivity contribution in [1.82, 2.24) is 0 Å². The van der Waals surface area contributed by atoms with Crippen LogP contribution in [0.2, 0.25) is 0 Å². The summed E-state index contributed by atoms with van der Waals surface area (Å²) < 4.78 is 0. The number of carbonyl (C=O) groups is 2. The molecular formula is C28H21NO5. The average Bonchev–Trinajstić information content (AvgIpc) is 3.10. The normalized spacial score (nSPS) is 17.4. The highest BCUT2D eigenvalue weighted by atomic mass is 16.3. The van der Waals surface area contributed by atoms with Gasteiger partial charge in [-0.3, -0.25) is 14.5 Å². The first-order valence-corrected chi connectivity index (χ1v) is 10.7. The van der Waals surface area contributed by atoms with Crippen molar-refractivity contribution in [2.75, 3.05) is 4.90 Å². The number of anilines is 1. The van der Waals surface area contributed by atoms with E-state index in [4.69, 9.17) is 0 Å². The van der Waals surface area contributed by atoms with E-state index >= 15 is 0 Å². The highest BCUT2D eigenvalue weighted by Crippen LogP contribution is 2.45. The second kappa shape index (κ2) is 8.08. The van der Waals surface area contributed by atoms with Crippen LogP contribution in [-0.2, 0) is 9.59 Å². The van der Waals surface area contributed by atoms with Crippen molar-refractivity contribution in [1.29, 1.82) is 0 Å². The molecule has 3 N–H and O–H groups in total. The fourth-order valence-corrected chi connectivity index (χ4v) is 4.37. The molecule has 0 radical (unpaired) electrons. The number of fused-ring (bicyclic) bond motifs is 1.